The standard InChI is InChI=1S/C14H21N3O2.ClH/c1-10-4-3-5-11(2)12(10)17-13(18)16-9-14(19)6-7-15-8-14;/h3-5,15,19H,6-9H2,1-2H3,(H2,16,17,18);1H. The van der Waals surface area contributed by atoms with Crippen molar-refractivity contribution in [3.05, 3.63) is 29.3 Å². The molecule has 1 heterocycles. The van der Waals surface area contributed by atoms with Crippen LogP contribution in [0.4, 0.5) is 10.5 Å². The highest BCUT2D eigenvalue weighted by atomic mass is 35.5. The van der Waals surface area contributed by atoms with Crippen LogP contribution in [0.15, 0.2) is 18.2 Å². The molecule has 1 saturated heterocycles. The van der Waals surface area contributed by atoms with Crippen LogP contribution >= 0.6 is 12.4 Å². The molecular formula is C14H22ClN3O2. The lowest BCUT2D eigenvalue weighted by Crippen LogP contribution is -2.45. The van der Waals surface area contributed by atoms with Crippen LogP contribution in [-0.4, -0.2) is 36.4 Å². The van der Waals surface area contributed by atoms with E-state index < -0.39 is 5.60 Å². The first kappa shape index (κ1) is 16.8. The number of hydrogen-bond acceptors (Lipinski definition) is 3. The minimum atomic E-state index is -0.821. The molecule has 5 nitrogen and oxygen atoms in total. The number of carbonyl (C=O) groups is 1. The van der Waals surface area contributed by atoms with Crippen LogP contribution in [0.2, 0.25) is 0 Å². The highest BCUT2D eigenvalue weighted by Crippen LogP contribution is 2.19. The molecule has 0 saturated carbocycles. The molecule has 0 spiro atoms. The fraction of sp³-hybridized carbons (Fsp3) is 0.500. The third kappa shape index (κ3) is 4.10. The van der Waals surface area contributed by atoms with E-state index >= 15 is 0 Å². The Morgan fingerprint density at radius 1 is 1.40 bits per heavy atom. The number of nitrogens with one attached hydrogen (secondary N) is 3. The van der Waals surface area contributed by atoms with Crippen LogP contribution in [-0.2, 0) is 0 Å². The number of amides is 2. The largest absolute Gasteiger partial charge is 0.387 e. The first-order chi connectivity index (χ1) is 9.00. The lowest BCUT2D eigenvalue weighted by Gasteiger charge is -2.22. The molecule has 0 aliphatic carbocycles. The molecule has 0 radical (unpaired) electrons. The van der Waals surface area contributed by atoms with E-state index in [1.54, 1.807) is 0 Å². The van der Waals surface area contributed by atoms with Crippen molar-refractivity contribution in [2.45, 2.75) is 25.9 Å². The number of aryl methyl sites for hydroxylation is 2. The van der Waals surface area contributed by atoms with Gasteiger partial charge in [-0.05, 0) is 37.9 Å². The molecule has 6 heteroatoms. The molecule has 1 aliphatic heterocycles. The lowest BCUT2D eigenvalue weighted by molar-refractivity contribution is 0.0640. The van der Waals surface area contributed by atoms with Gasteiger partial charge in [0.2, 0.25) is 0 Å². The molecule has 112 valence electrons. The monoisotopic (exact) mass is 299 g/mol. The van der Waals surface area contributed by atoms with Crippen molar-refractivity contribution in [2.75, 3.05) is 25.0 Å². The number of carbonyl (C=O) groups excluding carboxylic acids is 1. The topological polar surface area (TPSA) is 73.4 Å². The van der Waals surface area contributed by atoms with E-state index in [9.17, 15) is 9.90 Å². The van der Waals surface area contributed by atoms with Crippen LogP contribution in [0.5, 0.6) is 0 Å². The molecule has 1 unspecified atom stereocenters. The average molecular weight is 300 g/mol. The summed E-state index contributed by atoms with van der Waals surface area (Å²) in [7, 11) is 0. The molecule has 0 aromatic heterocycles. The Morgan fingerprint density at radius 3 is 2.60 bits per heavy atom. The zero-order chi connectivity index (χ0) is 13.9. The van der Waals surface area contributed by atoms with E-state index in [2.05, 4.69) is 16.0 Å². The Morgan fingerprint density at radius 2 is 2.05 bits per heavy atom. The van der Waals surface area contributed by atoms with E-state index in [-0.39, 0.29) is 25.0 Å². The summed E-state index contributed by atoms with van der Waals surface area (Å²) in [4.78, 5) is 11.9. The molecule has 1 aliphatic rings. The van der Waals surface area contributed by atoms with Crippen molar-refractivity contribution in [1.82, 2.24) is 10.6 Å². The second-order valence-electron chi connectivity index (χ2n) is 5.23. The van der Waals surface area contributed by atoms with Gasteiger partial charge in [0.25, 0.3) is 0 Å². The fourth-order valence-corrected chi connectivity index (χ4v) is 2.30. The van der Waals surface area contributed by atoms with Gasteiger partial charge in [-0.1, -0.05) is 18.2 Å². The number of aliphatic hydroxyl groups is 1. The van der Waals surface area contributed by atoms with Crippen molar-refractivity contribution in [3.8, 4) is 0 Å². The van der Waals surface area contributed by atoms with E-state index in [0.29, 0.717) is 13.0 Å². The van der Waals surface area contributed by atoms with Crippen molar-refractivity contribution in [2.24, 2.45) is 0 Å². The van der Waals surface area contributed by atoms with Gasteiger partial charge in [0, 0.05) is 18.8 Å². The molecule has 2 amide bonds. The zero-order valence-electron chi connectivity index (χ0n) is 11.8. The molecule has 4 N–H and O–H groups in total. The SMILES string of the molecule is Cc1cccc(C)c1NC(=O)NCC1(O)CCNC1.Cl. The summed E-state index contributed by atoms with van der Waals surface area (Å²) in [6.45, 7) is 5.48. The summed E-state index contributed by atoms with van der Waals surface area (Å²) in [6.07, 6.45) is 0.663. The Hall–Kier alpha value is -1.30. The van der Waals surface area contributed by atoms with Gasteiger partial charge in [0.05, 0.1) is 5.60 Å². The number of halogens is 1. The third-order valence-corrected chi connectivity index (χ3v) is 3.52. The Balaban J connectivity index is 0.00000200. The number of hydrogen-bond donors (Lipinski definition) is 4. The predicted octanol–water partition coefficient (Wildman–Crippen LogP) is 1.57. The van der Waals surface area contributed by atoms with Crippen LogP contribution < -0.4 is 16.0 Å². The molecule has 1 aromatic carbocycles. The van der Waals surface area contributed by atoms with Gasteiger partial charge in [-0.3, -0.25) is 0 Å². The summed E-state index contributed by atoms with van der Waals surface area (Å²) in [5.41, 5.74) is 2.06. The van der Waals surface area contributed by atoms with Crippen LogP contribution in [0.1, 0.15) is 17.5 Å². The van der Waals surface area contributed by atoms with Crippen molar-refractivity contribution < 1.29 is 9.90 Å². The summed E-state index contributed by atoms with van der Waals surface area (Å²) in [5.74, 6) is 0. The van der Waals surface area contributed by atoms with Gasteiger partial charge in [-0.2, -0.15) is 0 Å². The normalized spacial score (nSPS) is 21.1. The minimum Gasteiger partial charge on any atom is -0.387 e. The van der Waals surface area contributed by atoms with Crippen molar-refractivity contribution in [3.63, 3.8) is 0 Å². The molecular weight excluding hydrogens is 278 g/mol. The van der Waals surface area contributed by atoms with Gasteiger partial charge in [-0.15, -0.1) is 12.4 Å². The van der Waals surface area contributed by atoms with Crippen LogP contribution in [0.25, 0.3) is 0 Å². The number of rotatable bonds is 3. The maximum atomic E-state index is 11.9. The summed E-state index contributed by atoms with van der Waals surface area (Å²) in [6, 6.07) is 5.59. The number of anilines is 1. The van der Waals surface area contributed by atoms with Gasteiger partial charge >= 0.3 is 6.03 Å². The van der Waals surface area contributed by atoms with E-state index in [1.165, 1.54) is 0 Å². The third-order valence-electron chi connectivity index (χ3n) is 3.52. The second kappa shape index (κ2) is 6.92. The van der Waals surface area contributed by atoms with E-state index in [0.717, 1.165) is 23.4 Å². The molecule has 0 bridgehead atoms. The van der Waals surface area contributed by atoms with Gasteiger partial charge in [0.15, 0.2) is 0 Å². The zero-order valence-corrected chi connectivity index (χ0v) is 12.6. The van der Waals surface area contributed by atoms with Gasteiger partial charge in [-0.25, -0.2) is 4.79 Å². The molecule has 2 rings (SSSR count). The predicted molar refractivity (Wildman–Crippen MR) is 82.6 cm³/mol. The number of para-hydroxylation sites is 1. The minimum absolute atomic E-state index is 0. The fourth-order valence-electron chi connectivity index (χ4n) is 2.30. The summed E-state index contributed by atoms with van der Waals surface area (Å²) in [5, 5.41) is 18.8. The Kier molecular flexibility index (Phi) is 5.80. The summed E-state index contributed by atoms with van der Waals surface area (Å²) < 4.78 is 0. The first-order valence-electron chi connectivity index (χ1n) is 6.54. The second-order valence-corrected chi connectivity index (χ2v) is 5.23. The van der Waals surface area contributed by atoms with E-state index in [1.807, 2.05) is 32.0 Å². The molecule has 1 atom stereocenters. The van der Waals surface area contributed by atoms with Crippen molar-refractivity contribution in [1.29, 1.82) is 0 Å². The smallest absolute Gasteiger partial charge is 0.319 e. The number of benzene rings is 1. The highest BCUT2D eigenvalue weighted by Gasteiger charge is 2.31. The Bertz CT molecular complexity index is 453. The quantitative estimate of drug-likeness (QED) is 0.684. The van der Waals surface area contributed by atoms with Crippen LogP contribution in [0.3, 0.4) is 0 Å². The maximum Gasteiger partial charge on any atom is 0.319 e. The number of β-amino-alcohol motifs (C(OH)–C–C–N with tert-alkyl or cyclic N) is 1. The molecule has 20 heavy (non-hydrogen) atoms. The van der Waals surface area contributed by atoms with Crippen LogP contribution in [0, 0.1) is 13.8 Å². The van der Waals surface area contributed by atoms with Gasteiger partial charge < -0.3 is 21.1 Å². The summed E-state index contributed by atoms with van der Waals surface area (Å²) >= 11 is 0. The number of urea groups is 1. The highest BCUT2D eigenvalue weighted by molar-refractivity contribution is 5.91. The average Bonchev–Trinajstić information content (AvgIpc) is 2.79. The maximum absolute atomic E-state index is 11.9. The van der Waals surface area contributed by atoms with E-state index in [4.69, 9.17) is 0 Å². The Labute approximate surface area is 125 Å². The van der Waals surface area contributed by atoms with Crippen molar-refractivity contribution >= 4 is 24.1 Å². The first-order valence-corrected chi connectivity index (χ1v) is 6.54. The molecule has 1 aromatic rings. The lowest BCUT2D eigenvalue weighted by atomic mass is 10.0. The molecule has 1 fully saturated rings. The van der Waals surface area contributed by atoms with Gasteiger partial charge in [0.1, 0.15) is 0 Å².